The third-order valence-electron chi connectivity index (χ3n) is 4.77. The lowest BCUT2D eigenvalue weighted by Gasteiger charge is -2.24. The number of carbonyl (C=O) groups excluding carboxylic acids is 1. The zero-order valence-electron chi connectivity index (χ0n) is 13.8. The Kier molecular flexibility index (Phi) is 4.46. The number of esters is 1. The number of hydrogen-bond acceptors (Lipinski definition) is 4. The number of carboxylic acid groups (broad SMARTS) is 1. The Morgan fingerprint density at radius 2 is 2.08 bits per heavy atom. The van der Waals surface area contributed by atoms with Crippen LogP contribution in [0.2, 0.25) is 0 Å². The molecule has 1 aliphatic heterocycles. The molecule has 0 radical (unpaired) electrons. The van der Waals surface area contributed by atoms with Crippen molar-refractivity contribution in [1.29, 1.82) is 0 Å². The van der Waals surface area contributed by atoms with Crippen molar-refractivity contribution in [2.24, 2.45) is 5.92 Å². The molecule has 0 spiro atoms. The summed E-state index contributed by atoms with van der Waals surface area (Å²) in [6.45, 7) is 0.877. The molecular formula is C18H21NO5. The van der Waals surface area contributed by atoms with Gasteiger partial charge in [-0.2, -0.15) is 0 Å². The Balaban J connectivity index is 1.79. The van der Waals surface area contributed by atoms with E-state index in [0.29, 0.717) is 19.5 Å². The average molecular weight is 331 g/mol. The topological polar surface area (TPSA) is 76.1 Å². The van der Waals surface area contributed by atoms with Crippen molar-refractivity contribution in [3.8, 4) is 5.75 Å². The van der Waals surface area contributed by atoms with Crippen LogP contribution in [-0.4, -0.2) is 49.4 Å². The minimum absolute atomic E-state index is 0.0522. The van der Waals surface area contributed by atoms with Gasteiger partial charge in [0.1, 0.15) is 5.75 Å². The quantitative estimate of drug-likeness (QED) is 0.859. The number of carbonyl (C=O) groups is 2. The van der Waals surface area contributed by atoms with Gasteiger partial charge in [-0.3, -0.25) is 4.79 Å². The molecule has 1 aromatic rings. The number of benzene rings is 1. The summed E-state index contributed by atoms with van der Waals surface area (Å²) in [7, 11) is 3.04. The molecule has 6 nitrogen and oxygen atoms in total. The first-order chi connectivity index (χ1) is 11.5. The van der Waals surface area contributed by atoms with E-state index < -0.39 is 6.09 Å². The van der Waals surface area contributed by atoms with Crippen LogP contribution >= 0.6 is 0 Å². The largest absolute Gasteiger partial charge is 0.496 e. The van der Waals surface area contributed by atoms with E-state index in [1.807, 2.05) is 24.3 Å². The van der Waals surface area contributed by atoms with E-state index in [2.05, 4.69) is 0 Å². The SMILES string of the molecule is COC(=O)C1CC1c1ccc(C2=CCN(C(=O)O)CC2)c(OC)c1. The van der Waals surface area contributed by atoms with Crippen LogP contribution in [0.3, 0.4) is 0 Å². The first kappa shape index (κ1) is 16.4. The van der Waals surface area contributed by atoms with Gasteiger partial charge < -0.3 is 19.5 Å². The smallest absolute Gasteiger partial charge is 0.407 e. The summed E-state index contributed by atoms with van der Waals surface area (Å²) in [5, 5.41) is 9.02. The van der Waals surface area contributed by atoms with E-state index >= 15 is 0 Å². The van der Waals surface area contributed by atoms with Crippen molar-refractivity contribution in [3.05, 3.63) is 35.4 Å². The molecule has 24 heavy (non-hydrogen) atoms. The molecule has 1 aliphatic carbocycles. The van der Waals surface area contributed by atoms with Crippen molar-refractivity contribution in [2.45, 2.75) is 18.8 Å². The lowest BCUT2D eigenvalue weighted by molar-refractivity contribution is -0.142. The fourth-order valence-corrected chi connectivity index (χ4v) is 3.27. The highest BCUT2D eigenvalue weighted by Gasteiger charge is 2.45. The maximum absolute atomic E-state index is 11.6. The van der Waals surface area contributed by atoms with Crippen LogP contribution in [0.25, 0.3) is 5.57 Å². The number of methoxy groups -OCH3 is 2. The number of ether oxygens (including phenoxy) is 2. The van der Waals surface area contributed by atoms with Gasteiger partial charge in [0, 0.05) is 18.7 Å². The van der Waals surface area contributed by atoms with Gasteiger partial charge in [0.25, 0.3) is 0 Å². The van der Waals surface area contributed by atoms with Gasteiger partial charge in [0.05, 0.1) is 20.1 Å². The molecule has 0 aromatic heterocycles. The summed E-state index contributed by atoms with van der Waals surface area (Å²) >= 11 is 0. The molecular weight excluding hydrogens is 310 g/mol. The molecule has 2 aliphatic rings. The maximum Gasteiger partial charge on any atom is 0.407 e. The molecule has 128 valence electrons. The molecule has 1 aromatic carbocycles. The van der Waals surface area contributed by atoms with Crippen molar-refractivity contribution < 1.29 is 24.2 Å². The van der Waals surface area contributed by atoms with Crippen LogP contribution < -0.4 is 4.74 Å². The molecule has 0 bridgehead atoms. The third-order valence-corrected chi connectivity index (χ3v) is 4.77. The monoisotopic (exact) mass is 331 g/mol. The lowest BCUT2D eigenvalue weighted by atomic mass is 9.96. The summed E-state index contributed by atoms with van der Waals surface area (Å²) < 4.78 is 10.3. The molecule has 6 heteroatoms. The molecule has 2 unspecified atom stereocenters. The van der Waals surface area contributed by atoms with E-state index in [9.17, 15) is 9.59 Å². The van der Waals surface area contributed by atoms with Gasteiger partial charge in [-0.25, -0.2) is 4.79 Å². The molecule has 1 saturated carbocycles. The Hall–Kier alpha value is -2.50. The normalized spacial score (nSPS) is 22.6. The Morgan fingerprint density at radius 3 is 2.67 bits per heavy atom. The summed E-state index contributed by atoms with van der Waals surface area (Å²) in [4.78, 5) is 24.0. The van der Waals surface area contributed by atoms with Gasteiger partial charge >= 0.3 is 12.1 Å². The number of hydrogen-bond donors (Lipinski definition) is 1. The van der Waals surface area contributed by atoms with E-state index in [0.717, 1.165) is 28.9 Å². The van der Waals surface area contributed by atoms with Crippen molar-refractivity contribution >= 4 is 17.6 Å². The molecule has 1 N–H and O–H groups in total. The summed E-state index contributed by atoms with van der Waals surface area (Å²) in [6.07, 6.45) is 2.51. The Labute approximate surface area is 140 Å². The van der Waals surface area contributed by atoms with Crippen molar-refractivity contribution in [1.82, 2.24) is 4.90 Å². The van der Waals surface area contributed by atoms with E-state index in [1.165, 1.54) is 12.0 Å². The number of nitrogens with zero attached hydrogens (tertiary/aromatic N) is 1. The number of rotatable bonds is 4. The minimum atomic E-state index is -0.893. The van der Waals surface area contributed by atoms with Gasteiger partial charge in [-0.1, -0.05) is 18.2 Å². The molecule has 1 heterocycles. The van der Waals surface area contributed by atoms with Crippen LogP contribution in [0.15, 0.2) is 24.3 Å². The fourth-order valence-electron chi connectivity index (χ4n) is 3.27. The minimum Gasteiger partial charge on any atom is -0.496 e. The second kappa shape index (κ2) is 6.55. The maximum atomic E-state index is 11.6. The fraction of sp³-hybridized carbons (Fsp3) is 0.444. The number of amides is 1. The molecule has 3 rings (SSSR count). The lowest BCUT2D eigenvalue weighted by Crippen LogP contribution is -2.33. The summed E-state index contributed by atoms with van der Waals surface area (Å²) in [5.74, 6) is 0.747. The van der Waals surface area contributed by atoms with E-state index in [1.54, 1.807) is 7.11 Å². The second-order valence-electron chi connectivity index (χ2n) is 6.14. The predicted molar refractivity (Wildman–Crippen MR) is 88.0 cm³/mol. The third kappa shape index (κ3) is 3.09. The van der Waals surface area contributed by atoms with Crippen LogP contribution in [0.1, 0.15) is 29.9 Å². The van der Waals surface area contributed by atoms with Crippen LogP contribution in [-0.2, 0) is 9.53 Å². The van der Waals surface area contributed by atoms with Crippen LogP contribution in [0.5, 0.6) is 5.75 Å². The van der Waals surface area contributed by atoms with Gasteiger partial charge in [0.15, 0.2) is 0 Å². The second-order valence-corrected chi connectivity index (χ2v) is 6.14. The average Bonchev–Trinajstić information content (AvgIpc) is 3.41. The van der Waals surface area contributed by atoms with Gasteiger partial charge in [-0.15, -0.1) is 0 Å². The molecule has 1 amide bonds. The van der Waals surface area contributed by atoms with E-state index in [-0.39, 0.29) is 17.8 Å². The van der Waals surface area contributed by atoms with E-state index in [4.69, 9.17) is 14.6 Å². The first-order valence-corrected chi connectivity index (χ1v) is 7.98. The van der Waals surface area contributed by atoms with Crippen LogP contribution in [0.4, 0.5) is 4.79 Å². The molecule has 2 atom stereocenters. The Bertz CT molecular complexity index is 697. The van der Waals surface area contributed by atoms with Gasteiger partial charge in [-0.05, 0) is 36.0 Å². The first-order valence-electron chi connectivity index (χ1n) is 7.98. The van der Waals surface area contributed by atoms with Crippen LogP contribution in [0, 0.1) is 5.92 Å². The molecule has 1 fully saturated rings. The zero-order valence-corrected chi connectivity index (χ0v) is 13.8. The van der Waals surface area contributed by atoms with Gasteiger partial charge in [0.2, 0.25) is 0 Å². The standard InChI is InChI=1S/C18H21NO5/c1-23-16-9-12(14-10-15(14)17(20)24-2)3-4-13(16)11-5-7-19(8-6-11)18(21)22/h3-5,9,14-15H,6-8,10H2,1-2H3,(H,21,22). The predicted octanol–water partition coefficient (Wildman–Crippen LogP) is 2.74. The highest BCUT2D eigenvalue weighted by molar-refractivity contribution is 5.78. The van der Waals surface area contributed by atoms with Crippen molar-refractivity contribution in [2.75, 3.05) is 27.3 Å². The highest BCUT2D eigenvalue weighted by Crippen LogP contribution is 2.49. The summed E-state index contributed by atoms with van der Waals surface area (Å²) in [5.41, 5.74) is 3.16. The molecule has 0 saturated heterocycles. The zero-order chi connectivity index (χ0) is 17.3. The van der Waals surface area contributed by atoms with Crippen molar-refractivity contribution in [3.63, 3.8) is 0 Å². The Morgan fingerprint density at radius 1 is 1.29 bits per heavy atom. The summed E-state index contributed by atoms with van der Waals surface area (Å²) in [6, 6.07) is 6.01. The highest BCUT2D eigenvalue weighted by atomic mass is 16.5.